The van der Waals surface area contributed by atoms with Gasteiger partial charge in [0.15, 0.2) is 0 Å². The van der Waals surface area contributed by atoms with E-state index in [-0.39, 0.29) is 18.8 Å². The summed E-state index contributed by atoms with van der Waals surface area (Å²) in [6, 6.07) is 6.86. The minimum absolute atomic E-state index is 0.0633. The molecule has 0 amide bonds. The van der Waals surface area contributed by atoms with E-state index in [0.29, 0.717) is 36.4 Å². The molecule has 2 rings (SSSR count). The number of nitrogens with zero attached hydrogens (tertiary/aromatic N) is 1. The van der Waals surface area contributed by atoms with Gasteiger partial charge >= 0.3 is 0 Å². The summed E-state index contributed by atoms with van der Waals surface area (Å²) < 4.78 is 31.5. The first-order valence-corrected chi connectivity index (χ1v) is 6.30. The first-order valence-electron chi connectivity index (χ1n) is 6.30. The van der Waals surface area contributed by atoms with Gasteiger partial charge in [-0.3, -0.25) is 0 Å². The Bertz CT molecular complexity index is 487. The highest BCUT2D eigenvalue weighted by Crippen LogP contribution is 2.36. The SMILES string of the molecule is N#Cc1cc(OCC2CCC(F)(F)CC2)ccc1N. The highest BCUT2D eigenvalue weighted by molar-refractivity contribution is 5.56. The maximum atomic E-state index is 13.0. The number of hydrogen-bond acceptors (Lipinski definition) is 3. The zero-order valence-electron chi connectivity index (χ0n) is 10.5. The Balaban J connectivity index is 1.88. The molecule has 0 aromatic heterocycles. The summed E-state index contributed by atoms with van der Waals surface area (Å²) in [5, 5.41) is 8.85. The predicted molar refractivity (Wildman–Crippen MR) is 68.0 cm³/mol. The van der Waals surface area contributed by atoms with E-state index in [9.17, 15) is 8.78 Å². The molecule has 0 aliphatic heterocycles. The topological polar surface area (TPSA) is 59.0 Å². The number of benzene rings is 1. The van der Waals surface area contributed by atoms with E-state index in [0.717, 1.165) is 0 Å². The Hall–Kier alpha value is -1.83. The molecule has 1 aliphatic carbocycles. The second-order valence-corrected chi connectivity index (χ2v) is 4.97. The van der Waals surface area contributed by atoms with Crippen LogP contribution in [0.15, 0.2) is 18.2 Å². The van der Waals surface area contributed by atoms with Crippen molar-refractivity contribution in [3.63, 3.8) is 0 Å². The number of nitriles is 1. The molecule has 0 unspecified atom stereocenters. The smallest absolute Gasteiger partial charge is 0.248 e. The lowest BCUT2D eigenvalue weighted by atomic mass is 9.87. The Morgan fingerprint density at radius 3 is 2.68 bits per heavy atom. The molecule has 1 aliphatic rings. The summed E-state index contributed by atoms with van der Waals surface area (Å²) in [5.41, 5.74) is 6.39. The van der Waals surface area contributed by atoms with Crippen molar-refractivity contribution in [2.45, 2.75) is 31.6 Å². The predicted octanol–water partition coefficient (Wildman–Crippen LogP) is 3.34. The van der Waals surface area contributed by atoms with Gasteiger partial charge in [-0.05, 0) is 37.0 Å². The second kappa shape index (κ2) is 5.43. The van der Waals surface area contributed by atoms with E-state index >= 15 is 0 Å². The monoisotopic (exact) mass is 266 g/mol. The molecule has 1 saturated carbocycles. The van der Waals surface area contributed by atoms with Crippen molar-refractivity contribution in [2.75, 3.05) is 12.3 Å². The average Bonchev–Trinajstić information content (AvgIpc) is 2.39. The molecular weight excluding hydrogens is 250 g/mol. The van der Waals surface area contributed by atoms with Crippen LogP contribution < -0.4 is 10.5 Å². The van der Waals surface area contributed by atoms with Crippen molar-refractivity contribution < 1.29 is 13.5 Å². The summed E-state index contributed by atoms with van der Waals surface area (Å²) >= 11 is 0. The van der Waals surface area contributed by atoms with Gasteiger partial charge in [0.25, 0.3) is 0 Å². The van der Waals surface area contributed by atoms with Gasteiger partial charge in [0.2, 0.25) is 5.92 Å². The minimum Gasteiger partial charge on any atom is -0.493 e. The largest absolute Gasteiger partial charge is 0.493 e. The summed E-state index contributed by atoms with van der Waals surface area (Å²) in [7, 11) is 0. The van der Waals surface area contributed by atoms with Crippen LogP contribution in [-0.4, -0.2) is 12.5 Å². The molecule has 0 atom stereocenters. The third-order valence-corrected chi connectivity index (χ3v) is 3.47. The molecule has 0 heterocycles. The molecule has 19 heavy (non-hydrogen) atoms. The summed E-state index contributed by atoms with van der Waals surface area (Å²) in [6.07, 6.45) is 0.832. The molecule has 0 saturated heterocycles. The van der Waals surface area contributed by atoms with Crippen molar-refractivity contribution in [3.8, 4) is 11.8 Å². The number of ether oxygens (including phenoxy) is 1. The molecule has 1 aromatic carbocycles. The van der Waals surface area contributed by atoms with Crippen molar-refractivity contribution in [1.82, 2.24) is 0 Å². The molecular formula is C14H16F2N2O. The van der Waals surface area contributed by atoms with Gasteiger partial charge in [0.05, 0.1) is 12.2 Å². The van der Waals surface area contributed by atoms with E-state index < -0.39 is 5.92 Å². The van der Waals surface area contributed by atoms with E-state index in [1.807, 2.05) is 6.07 Å². The van der Waals surface area contributed by atoms with Crippen LogP contribution in [0.4, 0.5) is 14.5 Å². The molecule has 3 nitrogen and oxygen atoms in total. The molecule has 0 bridgehead atoms. The van der Waals surface area contributed by atoms with Crippen molar-refractivity contribution in [1.29, 1.82) is 5.26 Å². The van der Waals surface area contributed by atoms with Crippen LogP contribution in [0, 0.1) is 17.2 Å². The zero-order valence-corrected chi connectivity index (χ0v) is 10.5. The number of hydrogen-bond donors (Lipinski definition) is 1. The van der Waals surface area contributed by atoms with Crippen LogP contribution in [0.2, 0.25) is 0 Å². The maximum Gasteiger partial charge on any atom is 0.248 e. The van der Waals surface area contributed by atoms with E-state index in [4.69, 9.17) is 15.7 Å². The lowest BCUT2D eigenvalue weighted by molar-refractivity contribution is -0.0498. The molecule has 2 N–H and O–H groups in total. The fourth-order valence-corrected chi connectivity index (χ4v) is 2.20. The average molecular weight is 266 g/mol. The quantitative estimate of drug-likeness (QED) is 0.853. The van der Waals surface area contributed by atoms with Crippen molar-refractivity contribution >= 4 is 5.69 Å². The van der Waals surface area contributed by atoms with E-state index in [1.54, 1.807) is 18.2 Å². The Morgan fingerprint density at radius 2 is 2.05 bits per heavy atom. The van der Waals surface area contributed by atoms with Crippen molar-refractivity contribution in [2.24, 2.45) is 5.92 Å². The van der Waals surface area contributed by atoms with Gasteiger partial charge in [-0.2, -0.15) is 5.26 Å². The molecule has 0 spiro atoms. The Labute approximate surface area is 111 Å². The number of nitrogens with two attached hydrogens (primary N) is 1. The third kappa shape index (κ3) is 3.57. The second-order valence-electron chi connectivity index (χ2n) is 4.97. The van der Waals surface area contributed by atoms with Crippen molar-refractivity contribution in [3.05, 3.63) is 23.8 Å². The molecule has 5 heteroatoms. The third-order valence-electron chi connectivity index (χ3n) is 3.47. The van der Waals surface area contributed by atoms with Crippen LogP contribution in [0.25, 0.3) is 0 Å². The summed E-state index contributed by atoms with van der Waals surface area (Å²) in [4.78, 5) is 0. The maximum absolute atomic E-state index is 13.0. The minimum atomic E-state index is -2.51. The van der Waals surface area contributed by atoms with Gasteiger partial charge in [-0.25, -0.2) is 8.78 Å². The Kier molecular flexibility index (Phi) is 3.89. The van der Waals surface area contributed by atoms with Crippen LogP contribution in [0.3, 0.4) is 0 Å². The van der Waals surface area contributed by atoms with Crippen LogP contribution >= 0.6 is 0 Å². The first-order chi connectivity index (χ1) is 9.00. The molecule has 102 valence electrons. The van der Waals surface area contributed by atoms with Crippen LogP contribution in [-0.2, 0) is 0 Å². The number of alkyl halides is 2. The van der Waals surface area contributed by atoms with E-state index in [1.165, 1.54) is 0 Å². The number of nitrogen functional groups attached to an aromatic ring is 1. The fraction of sp³-hybridized carbons (Fsp3) is 0.500. The number of anilines is 1. The lowest BCUT2D eigenvalue weighted by Crippen LogP contribution is -2.27. The van der Waals surface area contributed by atoms with Gasteiger partial charge < -0.3 is 10.5 Å². The highest BCUT2D eigenvalue weighted by atomic mass is 19.3. The Morgan fingerprint density at radius 1 is 1.37 bits per heavy atom. The standard InChI is InChI=1S/C14H16F2N2O/c15-14(16)5-3-10(4-6-14)9-19-12-1-2-13(18)11(7-12)8-17/h1-2,7,10H,3-6,9,18H2. The number of rotatable bonds is 3. The molecule has 0 radical (unpaired) electrons. The van der Waals surface area contributed by atoms with Gasteiger partial charge in [0.1, 0.15) is 11.8 Å². The fourth-order valence-electron chi connectivity index (χ4n) is 2.20. The first kappa shape index (κ1) is 13.6. The normalized spacial score (nSPS) is 18.8. The molecule has 1 aromatic rings. The van der Waals surface area contributed by atoms with Crippen LogP contribution in [0.1, 0.15) is 31.2 Å². The zero-order chi connectivity index (χ0) is 13.9. The van der Waals surface area contributed by atoms with Gasteiger partial charge in [-0.1, -0.05) is 0 Å². The molecule has 1 fully saturated rings. The van der Waals surface area contributed by atoms with Gasteiger partial charge in [-0.15, -0.1) is 0 Å². The lowest BCUT2D eigenvalue weighted by Gasteiger charge is -2.28. The summed E-state index contributed by atoms with van der Waals surface area (Å²) in [6.45, 7) is 0.408. The van der Waals surface area contributed by atoms with E-state index in [2.05, 4.69) is 0 Å². The highest BCUT2D eigenvalue weighted by Gasteiger charge is 2.34. The van der Waals surface area contributed by atoms with Gasteiger partial charge in [0, 0.05) is 18.5 Å². The summed E-state index contributed by atoms with van der Waals surface area (Å²) in [5.74, 6) is -1.79. The van der Waals surface area contributed by atoms with Crippen LogP contribution in [0.5, 0.6) is 5.75 Å². The number of halogens is 2.